The number of nitrogens with zero attached hydrogens (tertiary/aromatic N) is 3. The fraction of sp³-hybridized carbons (Fsp3) is 0.500. The molecule has 2 heterocycles. The average molecular weight is 658 g/mol. The molecule has 0 aliphatic carbocycles. The number of hydrogen-bond acceptors (Lipinski definition) is 13. The summed E-state index contributed by atoms with van der Waals surface area (Å²) in [4.78, 5) is 32.4. The van der Waals surface area contributed by atoms with Crippen molar-refractivity contribution in [1.29, 1.82) is 0 Å². The largest absolute Gasteiger partial charge is 0.479 e. The second-order valence-electron chi connectivity index (χ2n) is 10.8. The van der Waals surface area contributed by atoms with Crippen molar-refractivity contribution in [3.8, 4) is 11.3 Å². The molecule has 1 aromatic carbocycles. The van der Waals surface area contributed by atoms with Crippen LogP contribution in [0.25, 0.3) is 17.3 Å². The minimum Gasteiger partial charge on any atom is -0.479 e. The maximum atomic E-state index is 13.7. The first kappa shape index (κ1) is 35.9. The monoisotopic (exact) mass is 657 g/mol. The van der Waals surface area contributed by atoms with Gasteiger partial charge in [0.05, 0.1) is 36.3 Å². The fourth-order valence-corrected chi connectivity index (χ4v) is 4.74. The summed E-state index contributed by atoms with van der Waals surface area (Å²) in [5.74, 6) is -3.74. The molecule has 0 amide bonds. The molecule has 0 saturated carbocycles. The molecule has 17 heteroatoms. The summed E-state index contributed by atoms with van der Waals surface area (Å²) in [6.45, 7) is 3.60. The van der Waals surface area contributed by atoms with Crippen LogP contribution in [0.5, 0.6) is 0 Å². The second-order valence-corrected chi connectivity index (χ2v) is 12.8. The Morgan fingerprint density at radius 1 is 1.09 bits per heavy atom. The van der Waals surface area contributed by atoms with Crippen LogP contribution < -0.4 is 4.31 Å². The van der Waals surface area contributed by atoms with Crippen molar-refractivity contribution in [3.05, 3.63) is 47.4 Å². The highest BCUT2D eigenvalue weighted by Crippen LogP contribution is 2.32. The van der Waals surface area contributed by atoms with Crippen molar-refractivity contribution in [1.82, 2.24) is 9.97 Å². The van der Waals surface area contributed by atoms with E-state index in [4.69, 9.17) is 14.6 Å². The normalized spacial score (nSPS) is 23.6. The first-order chi connectivity index (χ1) is 20.9. The standard InChI is InChI=1S/C28H36FN3O12S/c1-13(2)20-18(21(14-5-7-15(29)8-6-14)31-28(30-20)32(3)45(4,41)42)10-9-16(33)11-17(34)12-19(35)43-27-24(38)22(36)23(37)25(44-27)26(39)40/h5-10,13,16-17,22-25,27,33-34,36-38H,11-12H2,1-4H3,(H,39,40)/b10-9+/t16-,17-,22?,23+,24-,25+,27?/m1/s1. The summed E-state index contributed by atoms with van der Waals surface area (Å²) in [6.07, 6.45) is -10.1. The number of sulfonamides is 1. The summed E-state index contributed by atoms with van der Waals surface area (Å²) in [7, 11) is -2.45. The Hall–Kier alpha value is -3.58. The van der Waals surface area contributed by atoms with E-state index < -0.39 is 83.5 Å². The Kier molecular flexibility index (Phi) is 11.7. The lowest BCUT2D eigenvalue weighted by Crippen LogP contribution is -2.60. The van der Waals surface area contributed by atoms with Crippen LogP contribution in [0.2, 0.25) is 0 Å². The van der Waals surface area contributed by atoms with Crippen LogP contribution in [-0.4, -0.2) is 117 Å². The minimum absolute atomic E-state index is 0.129. The molecule has 3 rings (SSSR count). The van der Waals surface area contributed by atoms with Crippen molar-refractivity contribution < 1.29 is 62.5 Å². The minimum atomic E-state index is -3.74. The zero-order valence-corrected chi connectivity index (χ0v) is 25.6. The fourth-order valence-electron chi connectivity index (χ4n) is 4.36. The molecule has 248 valence electrons. The summed E-state index contributed by atoms with van der Waals surface area (Å²) in [5.41, 5.74) is 1.45. The SMILES string of the molecule is CC(C)c1nc(N(C)S(C)(=O)=O)nc(-c2ccc(F)cc2)c1/C=C/[C@@H](O)C[C@@H](O)CC(=O)OC1O[C@H](C(=O)O)[C@@H](O)C(O)[C@H]1O. The Morgan fingerprint density at radius 3 is 2.27 bits per heavy atom. The number of carbonyl (C=O) groups is 2. The molecule has 15 nitrogen and oxygen atoms in total. The Balaban J connectivity index is 1.80. The van der Waals surface area contributed by atoms with E-state index in [2.05, 4.69) is 9.97 Å². The van der Waals surface area contributed by atoms with Gasteiger partial charge in [-0.2, -0.15) is 0 Å². The quantitative estimate of drug-likeness (QED) is 0.162. The first-order valence-electron chi connectivity index (χ1n) is 13.7. The maximum Gasteiger partial charge on any atom is 0.335 e. The van der Waals surface area contributed by atoms with Gasteiger partial charge in [-0.15, -0.1) is 0 Å². The van der Waals surface area contributed by atoms with E-state index in [0.717, 1.165) is 10.6 Å². The van der Waals surface area contributed by atoms with E-state index in [-0.39, 0.29) is 17.6 Å². The van der Waals surface area contributed by atoms with Gasteiger partial charge in [0.25, 0.3) is 0 Å². The van der Waals surface area contributed by atoms with Crippen LogP contribution in [0.4, 0.5) is 10.3 Å². The summed E-state index contributed by atoms with van der Waals surface area (Å²) < 4.78 is 48.7. The Bertz CT molecular complexity index is 1500. The van der Waals surface area contributed by atoms with Gasteiger partial charge in [-0.25, -0.2) is 31.9 Å². The number of aliphatic hydroxyl groups excluding tert-OH is 5. The van der Waals surface area contributed by atoms with Gasteiger partial charge in [-0.3, -0.25) is 4.79 Å². The van der Waals surface area contributed by atoms with E-state index in [1.165, 1.54) is 43.5 Å². The lowest BCUT2D eigenvalue weighted by atomic mass is 9.97. The van der Waals surface area contributed by atoms with E-state index in [1.54, 1.807) is 13.8 Å². The number of aliphatic carboxylic acids is 1. The molecule has 1 fully saturated rings. The van der Waals surface area contributed by atoms with Gasteiger partial charge < -0.3 is 40.1 Å². The number of benzene rings is 1. The molecule has 1 aliphatic heterocycles. The summed E-state index contributed by atoms with van der Waals surface area (Å²) in [6, 6.07) is 5.29. The molecule has 2 unspecified atom stereocenters. The number of carboxylic acids is 1. The van der Waals surface area contributed by atoms with Gasteiger partial charge in [0, 0.05) is 24.6 Å². The zero-order chi connectivity index (χ0) is 33.8. The third-order valence-corrected chi connectivity index (χ3v) is 8.03. The number of aliphatic hydroxyl groups is 5. The topological polar surface area (TPSA) is 237 Å². The number of ether oxygens (including phenoxy) is 2. The summed E-state index contributed by atoms with van der Waals surface area (Å²) >= 11 is 0. The lowest BCUT2D eigenvalue weighted by Gasteiger charge is -2.38. The molecule has 0 bridgehead atoms. The number of aromatic nitrogens is 2. The zero-order valence-electron chi connectivity index (χ0n) is 24.8. The van der Waals surface area contributed by atoms with Crippen LogP contribution >= 0.6 is 0 Å². The number of rotatable bonds is 12. The van der Waals surface area contributed by atoms with E-state index in [0.29, 0.717) is 16.8 Å². The van der Waals surface area contributed by atoms with Crippen LogP contribution in [0.1, 0.15) is 43.9 Å². The van der Waals surface area contributed by atoms with E-state index in [9.17, 15) is 47.9 Å². The molecule has 2 aromatic rings. The molecular formula is C28H36FN3O12S. The predicted molar refractivity (Wildman–Crippen MR) is 155 cm³/mol. The van der Waals surface area contributed by atoms with Crippen LogP contribution in [0.3, 0.4) is 0 Å². The maximum absolute atomic E-state index is 13.7. The summed E-state index contributed by atoms with van der Waals surface area (Å²) in [5, 5.41) is 59.7. The smallest absolute Gasteiger partial charge is 0.335 e. The van der Waals surface area contributed by atoms with Crippen LogP contribution in [-0.2, 0) is 29.1 Å². The highest BCUT2D eigenvalue weighted by molar-refractivity contribution is 7.92. The van der Waals surface area contributed by atoms with Gasteiger partial charge in [-0.05, 0) is 30.2 Å². The molecule has 0 radical (unpaired) electrons. The number of carboxylic acid groups (broad SMARTS) is 1. The number of halogens is 1. The highest BCUT2D eigenvalue weighted by atomic mass is 32.2. The lowest BCUT2D eigenvalue weighted by molar-refractivity contribution is -0.286. The molecule has 6 N–H and O–H groups in total. The highest BCUT2D eigenvalue weighted by Gasteiger charge is 2.48. The molecule has 45 heavy (non-hydrogen) atoms. The van der Waals surface area contributed by atoms with Crippen molar-refractivity contribution in [2.75, 3.05) is 17.6 Å². The molecule has 1 aromatic heterocycles. The van der Waals surface area contributed by atoms with E-state index >= 15 is 0 Å². The second kappa shape index (κ2) is 14.7. The number of hydrogen-bond donors (Lipinski definition) is 6. The van der Waals surface area contributed by atoms with E-state index in [1.807, 2.05) is 0 Å². The average Bonchev–Trinajstić information content (AvgIpc) is 2.95. The van der Waals surface area contributed by atoms with Crippen molar-refractivity contribution in [3.63, 3.8) is 0 Å². The number of esters is 1. The van der Waals surface area contributed by atoms with Crippen molar-refractivity contribution in [2.45, 2.75) is 75.5 Å². The molecular weight excluding hydrogens is 621 g/mol. The van der Waals surface area contributed by atoms with Gasteiger partial charge in [0.15, 0.2) is 6.10 Å². The third kappa shape index (κ3) is 9.00. The Morgan fingerprint density at radius 2 is 1.71 bits per heavy atom. The molecule has 1 saturated heterocycles. The van der Waals surface area contributed by atoms with Crippen LogP contribution in [0, 0.1) is 5.82 Å². The van der Waals surface area contributed by atoms with Crippen molar-refractivity contribution in [2.24, 2.45) is 0 Å². The van der Waals surface area contributed by atoms with Crippen LogP contribution in [0.15, 0.2) is 30.3 Å². The molecule has 1 aliphatic rings. The van der Waals surface area contributed by atoms with Gasteiger partial charge in [0.1, 0.15) is 24.1 Å². The predicted octanol–water partition coefficient (Wildman–Crippen LogP) is -0.247. The third-order valence-electron chi connectivity index (χ3n) is 6.87. The molecule has 7 atom stereocenters. The van der Waals surface area contributed by atoms with Gasteiger partial charge in [0.2, 0.25) is 22.3 Å². The van der Waals surface area contributed by atoms with Gasteiger partial charge in [-0.1, -0.05) is 26.0 Å². The van der Waals surface area contributed by atoms with Gasteiger partial charge >= 0.3 is 11.9 Å². The Labute approximate surface area is 258 Å². The first-order valence-corrected chi connectivity index (χ1v) is 15.5. The molecule has 0 spiro atoms. The number of anilines is 1. The number of carbonyl (C=O) groups excluding carboxylic acids is 1. The van der Waals surface area contributed by atoms with Crippen molar-refractivity contribution >= 4 is 34.0 Å².